The minimum Gasteiger partial charge on any atom is -0.366 e. The molecule has 2 aromatic heterocycles. The lowest BCUT2D eigenvalue weighted by molar-refractivity contribution is -0.131. The summed E-state index contributed by atoms with van der Waals surface area (Å²) < 4.78 is 14.0. The third-order valence-corrected chi connectivity index (χ3v) is 8.55. The van der Waals surface area contributed by atoms with Crippen molar-refractivity contribution in [3.05, 3.63) is 56.7 Å². The van der Waals surface area contributed by atoms with Crippen LogP contribution in [0.2, 0.25) is 0 Å². The van der Waals surface area contributed by atoms with Crippen LogP contribution in [0.4, 0.5) is 10.1 Å². The van der Waals surface area contributed by atoms with Crippen LogP contribution in [0.1, 0.15) is 35.5 Å². The molecule has 33 heavy (non-hydrogen) atoms. The van der Waals surface area contributed by atoms with Gasteiger partial charge in [-0.1, -0.05) is 12.1 Å². The summed E-state index contributed by atoms with van der Waals surface area (Å²) in [5.74, 6) is 1.85. The number of para-hydroxylation sites is 1. The van der Waals surface area contributed by atoms with Gasteiger partial charge in [0.25, 0.3) is 5.56 Å². The zero-order valence-corrected chi connectivity index (χ0v) is 20.1. The van der Waals surface area contributed by atoms with E-state index in [-0.39, 0.29) is 17.3 Å². The molecule has 1 amide bonds. The number of piperazine rings is 1. The van der Waals surface area contributed by atoms with E-state index in [9.17, 15) is 14.0 Å². The smallest absolute Gasteiger partial charge is 0.259 e. The highest BCUT2D eigenvalue weighted by Crippen LogP contribution is 2.33. The molecular formula is C24H27FN4O2S2. The molecule has 0 atom stereocenters. The Morgan fingerprint density at radius 1 is 1.15 bits per heavy atom. The Morgan fingerprint density at radius 3 is 2.76 bits per heavy atom. The number of nitrogens with one attached hydrogen (secondary N) is 1. The minimum absolute atomic E-state index is 0.0289. The van der Waals surface area contributed by atoms with E-state index in [1.807, 2.05) is 15.9 Å². The van der Waals surface area contributed by atoms with Crippen molar-refractivity contribution < 1.29 is 9.18 Å². The Balaban J connectivity index is 1.11. The topological polar surface area (TPSA) is 69.3 Å². The summed E-state index contributed by atoms with van der Waals surface area (Å²) in [7, 11) is 0. The van der Waals surface area contributed by atoms with Crippen LogP contribution in [0.3, 0.4) is 0 Å². The molecule has 1 aromatic carbocycles. The van der Waals surface area contributed by atoms with Gasteiger partial charge in [-0.2, -0.15) is 11.8 Å². The second kappa shape index (κ2) is 9.85. The Hall–Kier alpha value is -2.39. The third-order valence-electron chi connectivity index (χ3n) is 6.40. The lowest BCUT2D eigenvalue weighted by Crippen LogP contribution is -2.49. The fourth-order valence-corrected chi connectivity index (χ4v) is 6.74. The molecule has 1 fully saturated rings. The van der Waals surface area contributed by atoms with Crippen molar-refractivity contribution in [2.24, 2.45) is 0 Å². The molecule has 9 heteroatoms. The van der Waals surface area contributed by atoms with E-state index in [0.29, 0.717) is 55.6 Å². The van der Waals surface area contributed by atoms with Crippen LogP contribution < -0.4 is 10.5 Å². The molecule has 0 unspecified atom stereocenters. The van der Waals surface area contributed by atoms with Gasteiger partial charge in [0.1, 0.15) is 16.5 Å². The number of amides is 1. The number of anilines is 1. The average molecular weight is 487 g/mol. The summed E-state index contributed by atoms with van der Waals surface area (Å²) in [4.78, 5) is 38.9. The number of nitrogens with zero attached hydrogens (tertiary/aromatic N) is 3. The van der Waals surface area contributed by atoms with Crippen molar-refractivity contribution in [3.63, 3.8) is 0 Å². The number of H-pyrrole nitrogens is 1. The fourth-order valence-electron chi connectivity index (χ4n) is 4.67. The minimum atomic E-state index is -0.221. The van der Waals surface area contributed by atoms with Crippen LogP contribution in [0.5, 0.6) is 0 Å². The van der Waals surface area contributed by atoms with Crippen molar-refractivity contribution >= 4 is 44.9 Å². The molecule has 1 N–H and O–H groups in total. The van der Waals surface area contributed by atoms with E-state index in [1.165, 1.54) is 22.9 Å². The number of aromatic amines is 1. The molecule has 1 saturated heterocycles. The number of carbonyl (C=O) groups is 1. The zero-order valence-electron chi connectivity index (χ0n) is 18.4. The SMILES string of the molecule is O=C(CCSCc1nc2sc3c(c2c(=O)[nH]1)CCCC3)N1CCN(c2ccccc2F)CC1. The van der Waals surface area contributed by atoms with Gasteiger partial charge < -0.3 is 14.8 Å². The number of hydrogen-bond donors (Lipinski definition) is 1. The second-order valence-electron chi connectivity index (χ2n) is 8.53. The first-order chi connectivity index (χ1) is 16.1. The van der Waals surface area contributed by atoms with Gasteiger partial charge >= 0.3 is 0 Å². The van der Waals surface area contributed by atoms with Crippen LogP contribution in [0.25, 0.3) is 10.2 Å². The number of benzene rings is 1. The van der Waals surface area contributed by atoms with E-state index < -0.39 is 0 Å². The van der Waals surface area contributed by atoms with Crippen LogP contribution in [-0.4, -0.2) is 52.7 Å². The maximum absolute atomic E-state index is 14.0. The van der Waals surface area contributed by atoms with Crippen molar-refractivity contribution in [1.82, 2.24) is 14.9 Å². The van der Waals surface area contributed by atoms with Crippen molar-refractivity contribution in [3.8, 4) is 0 Å². The molecule has 3 aromatic rings. The highest BCUT2D eigenvalue weighted by molar-refractivity contribution is 7.98. The standard InChI is InChI=1S/C24H27FN4O2S2/c25-17-6-2-3-7-18(17)28-10-12-29(13-11-28)21(30)9-14-32-15-20-26-23(31)22-16-5-1-4-8-19(16)33-24(22)27-20/h2-3,6-7H,1,4-5,8-15H2,(H,26,27,31). The number of aromatic nitrogens is 2. The van der Waals surface area contributed by atoms with E-state index in [2.05, 4.69) is 4.98 Å². The number of hydrogen-bond acceptors (Lipinski definition) is 6. The summed E-state index contributed by atoms with van der Waals surface area (Å²) >= 11 is 3.28. The molecule has 0 radical (unpaired) electrons. The predicted molar refractivity (Wildman–Crippen MR) is 133 cm³/mol. The van der Waals surface area contributed by atoms with Gasteiger partial charge in [0.15, 0.2) is 0 Å². The second-order valence-corrected chi connectivity index (χ2v) is 10.7. The normalized spacial score (nSPS) is 16.3. The maximum atomic E-state index is 14.0. The molecule has 1 aliphatic heterocycles. The molecule has 6 nitrogen and oxygen atoms in total. The van der Waals surface area contributed by atoms with Gasteiger partial charge in [-0.3, -0.25) is 9.59 Å². The Kier molecular flexibility index (Phi) is 6.69. The van der Waals surface area contributed by atoms with Gasteiger partial charge in [-0.15, -0.1) is 11.3 Å². The molecule has 1 aliphatic carbocycles. The molecule has 2 aliphatic rings. The lowest BCUT2D eigenvalue weighted by atomic mass is 9.97. The van der Waals surface area contributed by atoms with E-state index in [1.54, 1.807) is 35.2 Å². The van der Waals surface area contributed by atoms with E-state index >= 15 is 0 Å². The molecule has 0 spiro atoms. The largest absolute Gasteiger partial charge is 0.366 e. The zero-order chi connectivity index (χ0) is 22.8. The number of halogens is 1. The number of thiophene rings is 1. The number of rotatable bonds is 6. The summed E-state index contributed by atoms with van der Waals surface area (Å²) in [5.41, 5.74) is 1.78. The summed E-state index contributed by atoms with van der Waals surface area (Å²) in [6.45, 7) is 2.48. The molecule has 0 bridgehead atoms. The van der Waals surface area contributed by atoms with Crippen molar-refractivity contribution in [2.45, 2.75) is 37.9 Å². The van der Waals surface area contributed by atoms with E-state index in [4.69, 9.17) is 4.98 Å². The van der Waals surface area contributed by atoms with Gasteiger partial charge in [0, 0.05) is 43.2 Å². The van der Waals surface area contributed by atoms with Crippen molar-refractivity contribution in [1.29, 1.82) is 0 Å². The van der Waals surface area contributed by atoms with Gasteiger partial charge in [0.05, 0.1) is 16.8 Å². The molecule has 3 heterocycles. The van der Waals surface area contributed by atoms with E-state index in [0.717, 1.165) is 29.5 Å². The van der Waals surface area contributed by atoms with Crippen LogP contribution in [-0.2, 0) is 23.4 Å². The highest BCUT2D eigenvalue weighted by Gasteiger charge is 2.23. The van der Waals surface area contributed by atoms with Crippen LogP contribution >= 0.6 is 23.1 Å². The summed E-state index contributed by atoms with van der Waals surface area (Å²) in [5, 5.41) is 0.785. The van der Waals surface area contributed by atoms with Gasteiger partial charge in [-0.05, 0) is 43.4 Å². The molecule has 5 rings (SSSR count). The maximum Gasteiger partial charge on any atom is 0.259 e. The summed E-state index contributed by atoms with van der Waals surface area (Å²) in [6, 6.07) is 6.77. The number of carbonyl (C=O) groups excluding carboxylic acids is 1. The Bertz CT molecular complexity index is 1220. The monoisotopic (exact) mass is 486 g/mol. The molecule has 174 valence electrons. The first-order valence-corrected chi connectivity index (χ1v) is 13.5. The first kappa shape index (κ1) is 22.4. The highest BCUT2D eigenvalue weighted by atomic mass is 32.2. The fraction of sp³-hybridized carbons (Fsp3) is 0.458. The van der Waals surface area contributed by atoms with Crippen LogP contribution in [0.15, 0.2) is 29.1 Å². The number of aryl methyl sites for hydroxylation is 2. The van der Waals surface area contributed by atoms with Crippen molar-refractivity contribution in [2.75, 3.05) is 36.8 Å². The van der Waals surface area contributed by atoms with Crippen LogP contribution in [0, 0.1) is 5.82 Å². The number of thioether (sulfide) groups is 1. The Labute approximate surface area is 200 Å². The van der Waals surface area contributed by atoms with Gasteiger partial charge in [-0.25, -0.2) is 9.37 Å². The number of fused-ring (bicyclic) bond motifs is 3. The quantitative estimate of drug-likeness (QED) is 0.534. The lowest BCUT2D eigenvalue weighted by Gasteiger charge is -2.36. The molecular weight excluding hydrogens is 459 g/mol. The predicted octanol–water partition coefficient (Wildman–Crippen LogP) is 3.97. The summed E-state index contributed by atoms with van der Waals surface area (Å²) in [6.07, 6.45) is 4.81. The Morgan fingerprint density at radius 2 is 1.94 bits per heavy atom. The third kappa shape index (κ3) is 4.80. The average Bonchev–Trinajstić information content (AvgIpc) is 3.21. The first-order valence-electron chi connectivity index (χ1n) is 11.5. The molecule has 0 saturated carbocycles. The van der Waals surface area contributed by atoms with Gasteiger partial charge in [0.2, 0.25) is 5.91 Å².